The summed E-state index contributed by atoms with van der Waals surface area (Å²) in [6.07, 6.45) is 1.42. The number of anilines is 2. The molecule has 0 bridgehead atoms. The van der Waals surface area contributed by atoms with Crippen molar-refractivity contribution in [2.24, 2.45) is 5.41 Å². The van der Waals surface area contributed by atoms with E-state index in [0.717, 1.165) is 50.8 Å². The molecule has 3 aromatic rings. The van der Waals surface area contributed by atoms with Crippen LogP contribution in [-0.2, 0) is 10.9 Å². The standard InChI is InChI=1S/C24H28F3N7O2/c1-2-36-22-20-21(34(31-22)17-4-3-9-35-12-17)30-19(11-29-20)32-8-6-23(13-32)14-33(15-23)16-5-7-28-18(10-16)24(25,26)27/h5,7,10-11,17H,2-4,6,8-9,12-15H2,1H3. The second-order valence-corrected chi connectivity index (χ2v) is 9.88. The second-order valence-electron chi connectivity index (χ2n) is 9.88. The van der Waals surface area contributed by atoms with Gasteiger partial charge in [0.05, 0.1) is 25.5 Å². The van der Waals surface area contributed by atoms with Gasteiger partial charge in [0, 0.05) is 50.1 Å². The minimum Gasteiger partial charge on any atom is -0.475 e. The van der Waals surface area contributed by atoms with Gasteiger partial charge in [-0.05, 0) is 38.3 Å². The van der Waals surface area contributed by atoms with Gasteiger partial charge in [-0.2, -0.15) is 13.2 Å². The van der Waals surface area contributed by atoms with Crippen molar-refractivity contribution < 1.29 is 22.6 Å². The van der Waals surface area contributed by atoms with Crippen LogP contribution in [0.25, 0.3) is 11.2 Å². The van der Waals surface area contributed by atoms with E-state index >= 15 is 0 Å². The molecule has 6 rings (SSSR count). The molecular formula is C24H28F3N7O2. The van der Waals surface area contributed by atoms with Crippen LogP contribution in [0.3, 0.4) is 0 Å². The molecule has 3 aromatic heterocycles. The molecule has 6 heterocycles. The third-order valence-electron chi connectivity index (χ3n) is 7.34. The molecule has 9 nitrogen and oxygen atoms in total. The van der Waals surface area contributed by atoms with Crippen LogP contribution in [0.5, 0.6) is 5.88 Å². The van der Waals surface area contributed by atoms with E-state index in [1.807, 2.05) is 16.5 Å². The number of nitrogens with zero attached hydrogens (tertiary/aromatic N) is 7. The third kappa shape index (κ3) is 4.10. The molecule has 3 aliphatic rings. The lowest BCUT2D eigenvalue weighted by atomic mass is 9.79. The minimum absolute atomic E-state index is 0.0201. The number of hydrogen-bond donors (Lipinski definition) is 0. The van der Waals surface area contributed by atoms with Gasteiger partial charge in [0.25, 0.3) is 5.88 Å². The lowest BCUT2D eigenvalue weighted by molar-refractivity contribution is -0.141. The quantitative estimate of drug-likeness (QED) is 0.522. The first-order chi connectivity index (χ1) is 17.4. The van der Waals surface area contributed by atoms with Crippen LogP contribution in [0.15, 0.2) is 24.5 Å². The lowest BCUT2D eigenvalue weighted by Crippen LogP contribution is -2.57. The zero-order valence-corrected chi connectivity index (χ0v) is 20.0. The topological polar surface area (TPSA) is 81.4 Å². The van der Waals surface area contributed by atoms with Gasteiger partial charge in [0.1, 0.15) is 11.5 Å². The summed E-state index contributed by atoms with van der Waals surface area (Å²) in [7, 11) is 0. The molecule has 36 heavy (non-hydrogen) atoms. The van der Waals surface area contributed by atoms with E-state index in [-0.39, 0.29) is 11.5 Å². The molecule has 0 radical (unpaired) electrons. The molecule has 192 valence electrons. The highest BCUT2D eigenvalue weighted by molar-refractivity contribution is 5.78. The molecule has 12 heteroatoms. The van der Waals surface area contributed by atoms with Crippen molar-refractivity contribution in [3.63, 3.8) is 0 Å². The highest BCUT2D eigenvalue weighted by atomic mass is 19.4. The van der Waals surface area contributed by atoms with Crippen LogP contribution in [0.4, 0.5) is 24.7 Å². The first-order valence-electron chi connectivity index (χ1n) is 12.3. The number of rotatable bonds is 5. The van der Waals surface area contributed by atoms with Gasteiger partial charge in [-0.25, -0.2) is 14.6 Å². The molecule has 0 amide bonds. The van der Waals surface area contributed by atoms with Crippen LogP contribution >= 0.6 is 0 Å². The van der Waals surface area contributed by atoms with E-state index < -0.39 is 11.9 Å². The maximum absolute atomic E-state index is 13.1. The Kier molecular flexibility index (Phi) is 5.66. The average molecular weight is 504 g/mol. The highest BCUT2D eigenvalue weighted by Gasteiger charge is 2.48. The van der Waals surface area contributed by atoms with Gasteiger partial charge in [0.2, 0.25) is 0 Å². The maximum atomic E-state index is 13.1. The Morgan fingerprint density at radius 1 is 1.19 bits per heavy atom. The predicted octanol–water partition coefficient (Wildman–Crippen LogP) is 3.71. The predicted molar refractivity (Wildman–Crippen MR) is 126 cm³/mol. The van der Waals surface area contributed by atoms with Crippen LogP contribution in [-0.4, -0.2) is 70.7 Å². The summed E-state index contributed by atoms with van der Waals surface area (Å²) in [5.41, 5.74) is 1.06. The maximum Gasteiger partial charge on any atom is 0.433 e. The van der Waals surface area contributed by atoms with Crippen molar-refractivity contribution in [2.75, 3.05) is 55.8 Å². The number of pyridine rings is 1. The van der Waals surface area contributed by atoms with Gasteiger partial charge in [0.15, 0.2) is 11.2 Å². The normalized spacial score (nSPS) is 21.8. The zero-order chi connectivity index (χ0) is 24.9. The van der Waals surface area contributed by atoms with Crippen molar-refractivity contribution in [3.05, 3.63) is 30.2 Å². The van der Waals surface area contributed by atoms with Crippen molar-refractivity contribution in [2.45, 2.75) is 38.4 Å². The SMILES string of the molecule is CCOc1nn(C2CCCOC2)c2nc(N3CCC4(CN(c5ccnc(C(F)(F)F)c5)C4)C3)cnc12. The molecular weight excluding hydrogens is 475 g/mol. The summed E-state index contributed by atoms with van der Waals surface area (Å²) in [4.78, 5) is 17.3. The first kappa shape index (κ1) is 23.3. The summed E-state index contributed by atoms with van der Waals surface area (Å²) < 4.78 is 52.5. The second kappa shape index (κ2) is 8.75. The van der Waals surface area contributed by atoms with E-state index in [4.69, 9.17) is 14.5 Å². The molecule has 1 unspecified atom stereocenters. The Morgan fingerprint density at radius 2 is 2.03 bits per heavy atom. The number of fused-ring (bicyclic) bond motifs is 1. The molecule has 0 aromatic carbocycles. The molecule has 3 aliphatic heterocycles. The van der Waals surface area contributed by atoms with Crippen LogP contribution in [0.1, 0.15) is 37.9 Å². The van der Waals surface area contributed by atoms with Crippen LogP contribution < -0.4 is 14.5 Å². The summed E-state index contributed by atoms with van der Waals surface area (Å²) >= 11 is 0. The summed E-state index contributed by atoms with van der Waals surface area (Å²) in [5.74, 6) is 1.27. The lowest BCUT2D eigenvalue weighted by Gasteiger charge is -2.49. The van der Waals surface area contributed by atoms with Crippen molar-refractivity contribution >= 4 is 22.7 Å². The van der Waals surface area contributed by atoms with Gasteiger partial charge >= 0.3 is 6.18 Å². The Morgan fingerprint density at radius 3 is 2.78 bits per heavy atom. The number of hydrogen-bond acceptors (Lipinski definition) is 8. The van der Waals surface area contributed by atoms with Crippen molar-refractivity contribution in [1.29, 1.82) is 0 Å². The average Bonchev–Trinajstić information content (AvgIpc) is 3.46. The largest absolute Gasteiger partial charge is 0.475 e. The summed E-state index contributed by atoms with van der Waals surface area (Å²) in [6, 6.07) is 2.86. The fraction of sp³-hybridized carbons (Fsp3) is 0.583. The van der Waals surface area contributed by atoms with E-state index in [2.05, 4.69) is 20.0 Å². The fourth-order valence-electron chi connectivity index (χ4n) is 5.54. The fourth-order valence-corrected chi connectivity index (χ4v) is 5.54. The summed E-state index contributed by atoms with van der Waals surface area (Å²) in [6.45, 7) is 6.74. The van der Waals surface area contributed by atoms with E-state index in [9.17, 15) is 13.2 Å². The number of halogens is 3. The molecule has 0 aliphatic carbocycles. The number of ether oxygens (including phenoxy) is 2. The number of alkyl halides is 3. The highest BCUT2D eigenvalue weighted by Crippen LogP contribution is 2.43. The van der Waals surface area contributed by atoms with Crippen molar-refractivity contribution in [1.82, 2.24) is 24.7 Å². The molecule has 1 spiro atoms. The van der Waals surface area contributed by atoms with Crippen LogP contribution in [0, 0.1) is 5.41 Å². The monoisotopic (exact) mass is 503 g/mol. The van der Waals surface area contributed by atoms with Gasteiger partial charge in [-0.15, -0.1) is 5.10 Å². The first-order valence-corrected chi connectivity index (χ1v) is 12.3. The molecule has 1 atom stereocenters. The summed E-state index contributed by atoms with van der Waals surface area (Å²) in [5, 5.41) is 4.67. The molecule has 3 saturated heterocycles. The van der Waals surface area contributed by atoms with E-state index in [0.29, 0.717) is 49.0 Å². The Labute approximate surface area is 206 Å². The Bertz CT molecular complexity index is 1250. The Hall–Kier alpha value is -3.15. The van der Waals surface area contributed by atoms with Crippen molar-refractivity contribution in [3.8, 4) is 5.88 Å². The Balaban J connectivity index is 1.20. The molecule has 0 N–H and O–H groups in total. The van der Waals surface area contributed by atoms with E-state index in [1.165, 1.54) is 6.20 Å². The smallest absolute Gasteiger partial charge is 0.433 e. The third-order valence-corrected chi connectivity index (χ3v) is 7.34. The van der Waals surface area contributed by atoms with Gasteiger partial charge in [-0.3, -0.25) is 4.98 Å². The molecule has 0 saturated carbocycles. The van der Waals surface area contributed by atoms with Gasteiger partial charge in [-0.1, -0.05) is 0 Å². The molecule has 3 fully saturated rings. The van der Waals surface area contributed by atoms with Gasteiger partial charge < -0.3 is 19.3 Å². The van der Waals surface area contributed by atoms with E-state index in [1.54, 1.807) is 12.3 Å². The zero-order valence-electron chi connectivity index (χ0n) is 20.0. The number of aromatic nitrogens is 5. The minimum atomic E-state index is -4.45. The van der Waals surface area contributed by atoms with Crippen LogP contribution in [0.2, 0.25) is 0 Å².